The molecule has 0 aromatic rings. The third-order valence-corrected chi connectivity index (χ3v) is 1.59. The Morgan fingerprint density at radius 2 is 2.07 bits per heavy atom. The lowest BCUT2D eigenvalue weighted by Gasteiger charge is -2.20. The highest BCUT2D eigenvalue weighted by molar-refractivity contribution is 5.67. The largest absolute Gasteiger partial charge is 0.440 e. The molecule has 4 nitrogen and oxygen atoms in total. The van der Waals surface area contributed by atoms with Gasteiger partial charge in [0.1, 0.15) is 0 Å². The van der Waals surface area contributed by atoms with E-state index >= 15 is 0 Å². The van der Waals surface area contributed by atoms with E-state index in [2.05, 4.69) is 4.74 Å². The van der Waals surface area contributed by atoms with Crippen LogP contribution in [-0.4, -0.2) is 48.6 Å². The topological polar surface area (TPSA) is 49.8 Å². The molecule has 0 radical (unpaired) electrons. The molecule has 0 rings (SSSR count). The van der Waals surface area contributed by atoms with Crippen molar-refractivity contribution in [1.29, 1.82) is 0 Å². The summed E-state index contributed by atoms with van der Waals surface area (Å²) in [6.45, 7) is 0.344. The van der Waals surface area contributed by atoms with Gasteiger partial charge in [0, 0.05) is 19.7 Å². The normalized spacial score (nSPS) is 11.3. The van der Waals surface area contributed by atoms with Crippen LogP contribution in [0.4, 0.5) is 18.0 Å². The maximum Gasteiger partial charge on any atom is 0.422 e. The van der Waals surface area contributed by atoms with Crippen molar-refractivity contribution < 1.29 is 27.8 Å². The Hall–Kier alpha value is -0.980. The highest BCUT2D eigenvalue weighted by atomic mass is 19.4. The van der Waals surface area contributed by atoms with E-state index in [0.717, 1.165) is 4.90 Å². The molecule has 15 heavy (non-hydrogen) atoms. The summed E-state index contributed by atoms with van der Waals surface area (Å²) in [6.07, 6.45) is -5.20. The summed E-state index contributed by atoms with van der Waals surface area (Å²) in [7, 11) is 0. The summed E-state index contributed by atoms with van der Waals surface area (Å²) in [5, 5.41) is 8.49. The Labute approximate surface area is 85.6 Å². The predicted molar refractivity (Wildman–Crippen MR) is 46.4 cm³/mol. The molecular formula is C8H14F3NO3. The molecule has 0 saturated heterocycles. The van der Waals surface area contributed by atoms with Gasteiger partial charge in [-0.15, -0.1) is 0 Å². The fourth-order valence-corrected chi connectivity index (χ4v) is 0.875. The average molecular weight is 229 g/mol. The first-order valence-corrected chi connectivity index (χ1v) is 4.50. The molecule has 0 bridgehead atoms. The molecule has 0 aromatic carbocycles. The number of hydrogen-bond acceptors (Lipinski definition) is 3. The number of ether oxygens (including phenoxy) is 1. The smallest absolute Gasteiger partial charge is 0.422 e. The molecule has 7 heteroatoms. The highest BCUT2D eigenvalue weighted by Crippen LogP contribution is 2.15. The average Bonchev–Trinajstić information content (AvgIpc) is 2.15. The number of aliphatic hydroxyl groups excluding tert-OH is 1. The molecule has 0 aromatic heterocycles. The summed E-state index contributed by atoms with van der Waals surface area (Å²) in [4.78, 5) is 12.1. The minimum absolute atomic E-state index is 0.122. The zero-order chi connectivity index (χ0) is 11.9. The third-order valence-electron chi connectivity index (χ3n) is 1.59. The van der Waals surface area contributed by atoms with E-state index in [1.165, 1.54) is 0 Å². The number of hydrogen-bond donors (Lipinski definition) is 1. The molecule has 0 heterocycles. The lowest BCUT2D eigenvalue weighted by molar-refractivity contribution is -0.162. The van der Waals surface area contributed by atoms with Crippen molar-refractivity contribution in [3.8, 4) is 0 Å². The van der Waals surface area contributed by atoms with Crippen LogP contribution < -0.4 is 0 Å². The van der Waals surface area contributed by atoms with Gasteiger partial charge in [0.25, 0.3) is 0 Å². The number of rotatable bonds is 5. The van der Waals surface area contributed by atoms with Crippen LogP contribution in [0.2, 0.25) is 0 Å². The van der Waals surface area contributed by atoms with Crippen molar-refractivity contribution in [2.75, 3.05) is 26.3 Å². The van der Waals surface area contributed by atoms with E-state index in [1.54, 1.807) is 6.92 Å². The first-order valence-electron chi connectivity index (χ1n) is 4.50. The molecule has 0 aliphatic carbocycles. The molecular weight excluding hydrogens is 215 g/mol. The zero-order valence-electron chi connectivity index (χ0n) is 8.38. The van der Waals surface area contributed by atoms with Crippen LogP contribution in [0.15, 0.2) is 0 Å². The molecule has 0 saturated carbocycles. The molecule has 0 aliphatic heterocycles. The van der Waals surface area contributed by atoms with E-state index < -0.39 is 18.9 Å². The van der Waals surface area contributed by atoms with Gasteiger partial charge in [0.2, 0.25) is 0 Å². The van der Waals surface area contributed by atoms with Gasteiger partial charge in [-0.25, -0.2) is 4.79 Å². The van der Waals surface area contributed by atoms with Crippen LogP contribution in [0.1, 0.15) is 13.3 Å². The van der Waals surface area contributed by atoms with Gasteiger partial charge in [-0.2, -0.15) is 13.2 Å². The molecule has 0 unspecified atom stereocenters. The maximum atomic E-state index is 11.7. The SMILES string of the molecule is CCN(CCCO)C(=O)OCC(F)(F)F. The second-order valence-electron chi connectivity index (χ2n) is 2.83. The predicted octanol–water partition coefficient (Wildman–Crippen LogP) is 1.39. The Balaban J connectivity index is 3.94. The van der Waals surface area contributed by atoms with E-state index in [4.69, 9.17) is 5.11 Å². The van der Waals surface area contributed by atoms with Crippen LogP contribution in [0.3, 0.4) is 0 Å². The summed E-state index contributed by atoms with van der Waals surface area (Å²) < 4.78 is 39.1. The third kappa shape index (κ3) is 7.01. The monoisotopic (exact) mass is 229 g/mol. The van der Waals surface area contributed by atoms with Gasteiger partial charge >= 0.3 is 12.3 Å². The minimum atomic E-state index is -4.51. The lowest BCUT2D eigenvalue weighted by atomic mass is 10.4. The fourth-order valence-electron chi connectivity index (χ4n) is 0.875. The standard InChI is InChI=1S/C8H14F3NO3/c1-2-12(4-3-5-13)7(14)15-6-8(9,10)11/h13H,2-6H2,1H3. The van der Waals surface area contributed by atoms with E-state index in [1.807, 2.05) is 0 Å². The van der Waals surface area contributed by atoms with Crippen molar-refractivity contribution in [1.82, 2.24) is 4.90 Å². The van der Waals surface area contributed by atoms with Gasteiger partial charge in [-0.05, 0) is 13.3 Å². The molecule has 90 valence electrons. The van der Waals surface area contributed by atoms with Gasteiger partial charge in [-0.3, -0.25) is 0 Å². The van der Waals surface area contributed by atoms with Crippen LogP contribution in [0.25, 0.3) is 0 Å². The van der Waals surface area contributed by atoms with Gasteiger partial charge in [0.05, 0.1) is 0 Å². The van der Waals surface area contributed by atoms with Crippen molar-refractivity contribution in [2.24, 2.45) is 0 Å². The second kappa shape index (κ2) is 6.49. The van der Waals surface area contributed by atoms with Crippen LogP contribution in [0, 0.1) is 0 Å². The summed E-state index contributed by atoms with van der Waals surface area (Å²) in [5.74, 6) is 0. The molecule has 1 amide bonds. The maximum absolute atomic E-state index is 11.7. The quantitative estimate of drug-likeness (QED) is 0.775. The Morgan fingerprint density at radius 3 is 2.47 bits per heavy atom. The van der Waals surface area contributed by atoms with Crippen molar-refractivity contribution in [3.63, 3.8) is 0 Å². The number of carbonyl (C=O) groups excluding carboxylic acids is 1. The molecule has 0 spiro atoms. The van der Waals surface area contributed by atoms with E-state index in [-0.39, 0.29) is 19.7 Å². The fraction of sp³-hybridized carbons (Fsp3) is 0.875. The van der Waals surface area contributed by atoms with Crippen molar-refractivity contribution in [2.45, 2.75) is 19.5 Å². The molecule has 1 N–H and O–H groups in total. The van der Waals surface area contributed by atoms with Crippen molar-refractivity contribution in [3.05, 3.63) is 0 Å². The van der Waals surface area contributed by atoms with E-state index in [9.17, 15) is 18.0 Å². The zero-order valence-corrected chi connectivity index (χ0v) is 8.38. The Bertz CT molecular complexity index is 196. The van der Waals surface area contributed by atoms with Crippen LogP contribution >= 0.6 is 0 Å². The van der Waals surface area contributed by atoms with E-state index in [0.29, 0.717) is 6.42 Å². The number of amides is 1. The highest BCUT2D eigenvalue weighted by Gasteiger charge is 2.30. The lowest BCUT2D eigenvalue weighted by Crippen LogP contribution is -2.35. The summed E-state index contributed by atoms with van der Waals surface area (Å²) >= 11 is 0. The number of carbonyl (C=O) groups is 1. The number of nitrogens with zero attached hydrogens (tertiary/aromatic N) is 1. The summed E-state index contributed by atoms with van der Waals surface area (Å²) in [6, 6.07) is 0. The molecule has 0 aliphatic rings. The van der Waals surface area contributed by atoms with Crippen LogP contribution in [-0.2, 0) is 4.74 Å². The number of alkyl halides is 3. The molecule has 0 atom stereocenters. The first-order chi connectivity index (χ1) is 6.90. The molecule has 0 fully saturated rings. The van der Waals surface area contributed by atoms with Gasteiger partial charge in [-0.1, -0.05) is 0 Å². The van der Waals surface area contributed by atoms with Crippen molar-refractivity contribution >= 4 is 6.09 Å². The number of aliphatic hydroxyl groups is 1. The first kappa shape index (κ1) is 14.0. The van der Waals surface area contributed by atoms with Gasteiger partial charge in [0.15, 0.2) is 6.61 Å². The minimum Gasteiger partial charge on any atom is -0.440 e. The second-order valence-corrected chi connectivity index (χ2v) is 2.83. The summed E-state index contributed by atoms with van der Waals surface area (Å²) in [5.41, 5.74) is 0. The Kier molecular flexibility index (Phi) is 6.07. The Morgan fingerprint density at radius 1 is 1.47 bits per heavy atom. The van der Waals surface area contributed by atoms with Gasteiger partial charge < -0.3 is 14.7 Å². The number of halogens is 3. The van der Waals surface area contributed by atoms with Crippen LogP contribution in [0.5, 0.6) is 0 Å².